The molecule has 0 saturated heterocycles. The van der Waals surface area contributed by atoms with Crippen molar-refractivity contribution in [3.05, 3.63) is 48.0 Å². The summed E-state index contributed by atoms with van der Waals surface area (Å²) >= 11 is 0. The molecule has 0 aliphatic heterocycles. The lowest BCUT2D eigenvalue weighted by molar-refractivity contribution is -0.132. The van der Waals surface area contributed by atoms with Crippen LogP contribution in [0.1, 0.15) is 12.5 Å². The number of carbonyl (C=O) groups excluding carboxylic acids is 2. The second-order valence-corrected chi connectivity index (χ2v) is 6.15. The summed E-state index contributed by atoms with van der Waals surface area (Å²) in [5.41, 5.74) is 3.73. The Morgan fingerprint density at radius 2 is 1.81 bits per heavy atom. The predicted octanol–water partition coefficient (Wildman–Crippen LogP) is 1.43. The average molecular weight is 424 g/mol. The number of carbonyl (C=O) groups is 2. The molecule has 3 aromatic rings. The predicted molar refractivity (Wildman–Crippen MR) is 110 cm³/mol. The van der Waals surface area contributed by atoms with Crippen LogP contribution in [0.2, 0.25) is 0 Å². The maximum absolute atomic E-state index is 12.1. The molecule has 11 nitrogen and oxygen atoms in total. The first-order valence-corrected chi connectivity index (χ1v) is 9.09. The van der Waals surface area contributed by atoms with Gasteiger partial charge in [-0.05, 0) is 17.3 Å². The minimum Gasteiger partial charge on any atom is -0.493 e. The van der Waals surface area contributed by atoms with Gasteiger partial charge in [-0.2, -0.15) is 9.90 Å². The molecule has 0 fully saturated rings. The van der Waals surface area contributed by atoms with Crippen LogP contribution in [0.5, 0.6) is 17.2 Å². The molecular weight excluding hydrogens is 404 g/mol. The van der Waals surface area contributed by atoms with Crippen LogP contribution in [0.3, 0.4) is 0 Å². The van der Waals surface area contributed by atoms with Crippen molar-refractivity contribution in [1.29, 1.82) is 0 Å². The number of rotatable bonds is 8. The number of hydrogen-bond acceptors (Lipinski definition) is 9. The first kappa shape index (κ1) is 21.4. The second-order valence-electron chi connectivity index (χ2n) is 6.15. The maximum Gasteiger partial charge on any atom is 0.308 e. The van der Waals surface area contributed by atoms with Crippen LogP contribution in [0.25, 0.3) is 11.4 Å². The summed E-state index contributed by atoms with van der Waals surface area (Å²) in [5, 5.41) is 15.9. The molecule has 1 amide bonds. The van der Waals surface area contributed by atoms with Gasteiger partial charge in [0.1, 0.15) is 6.54 Å². The van der Waals surface area contributed by atoms with E-state index in [2.05, 4.69) is 25.9 Å². The van der Waals surface area contributed by atoms with E-state index in [4.69, 9.17) is 14.2 Å². The number of esters is 1. The number of nitrogens with zero attached hydrogens (tertiary/aromatic N) is 5. The standard InChI is InChI=1S/C20H20N6O5/c1-13(27)31-19-16(29-2)9-14(10-17(19)30-3)11-21-22-18(28)12-26-24-20(23-25-26)15-7-5-4-6-8-15/h4-11H,12H2,1-3H3,(H,22,28)/b21-11+. The number of methoxy groups -OCH3 is 2. The number of hydrogen-bond donors (Lipinski definition) is 1. The van der Waals surface area contributed by atoms with Crippen molar-refractivity contribution < 1.29 is 23.8 Å². The molecule has 3 rings (SSSR count). The van der Waals surface area contributed by atoms with Gasteiger partial charge in [0.25, 0.3) is 5.91 Å². The Bertz CT molecular complexity index is 1070. The van der Waals surface area contributed by atoms with Crippen LogP contribution in [0.15, 0.2) is 47.6 Å². The number of hydrazone groups is 1. The third-order valence-corrected chi connectivity index (χ3v) is 3.90. The largest absolute Gasteiger partial charge is 0.493 e. The molecule has 0 spiro atoms. The van der Waals surface area contributed by atoms with Gasteiger partial charge in [0.2, 0.25) is 11.6 Å². The fourth-order valence-corrected chi connectivity index (χ4v) is 2.57. The molecule has 2 aromatic carbocycles. The summed E-state index contributed by atoms with van der Waals surface area (Å²) in [6.07, 6.45) is 1.39. The van der Waals surface area contributed by atoms with Gasteiger partial charge in [-0.1, -0.05) is 30.3 Å². The number of benzene rings is 2. The first-order valence-electron chi connectivity index (χ1n) is 9.09. The highest BCUT2D eigenvalue weighted by Gasteiger charge is 2.15. The molecular formula is C20H20N6O5. The summed E-state index contributed by atoms with van der Waals surface area (Å²) in [4.78, 5) is 24.6. The molecule has 1 aromatic heterocycles. The highest BCUT2D eigenvalue weighted by molar-refractivity contribution is 5.85. The van der Waals surface area contributed by atoms with Gasteiger partial charge in [-0.3, -0.25) is 9.59 Å². The lowest BCUT2D eigenvalue weighted by atomic mass is 10.2. The maximum atomic E-state index is 12.1. The topological polar surface area (TPSA) is 130 Å². The quantitative estimate of drug-likeness (QED) is 0.249. The van der Waals surface area contributed by atoms with E-state index < -0.39 is 11.9 Å². The molecule has 0 aliphatic rings. The third-order valence-electron chi connectivity index (χ3n) is 3.90. The zero-order valence-corrected chi connectivity index (χ0v) is 17.1. The van der Waals surface area contributed by atoms with Crippen molar-refractivity contribution in [2.45, 2.75) is 13.5 Å². The van der Waals surface area contributed by atoms with E-state index in [1.54, 1.807) is 12.1 Å². The van der Waals surface area contributed by atoms with Gasteiger partial charge in [0, 0.05) is 18.1 Å². The van der Waals surface area contributed by atoms with E-state index in [-0.39, 0.29) is 23.8 Å². The van der Waals surface area contributed by atoms with Gasteiger partial charge in [-0.25, -0.2) is 5.43 Å². The van der Waals surface area contributed by atoms with Crippen LogP contribution in [0.4, 0.5) is 0 Å². The van der Waals surface area contributed by atoms with Crippen molar-refractivity contribution in [1.82, 2.24) is 25.6 Å². The van der Waals surface area contributed by atoms with Crippen LogP contribution in [0, 0.1) is 0 Å². The smallest absolute Gasteiger partial charge is 0.308 e. The van der Waals surface area contributed by atoms with E-state index in [1.807, 2.05) is 30.3 Å². The minimum atomic E-state index is -0.512. The molecule has 0 radical (unpaired) electrons. The molecule has 31 heavy (non-hydrogen) atoms. The van der Waals surface area contributed by atoms with Crippen molar-refractivity contribution in [2.75, 3.05) is 14.2 Å². The Morgan fingerprint density at radius 3 is 2.42 bits per heavy atom. The van der Waals surface area contributed by atoms with Crippen molar-refractivity contribution in [3.63, 3.8) is 0 Å². The minimum absolute atomic E-state index is 0.158. The molecule has 0 saturated carbocycles. The number of ether oxygens (including phenoxy) is 3. The molecule has 0 bridgehead atoms. The lowest BCUT2D eigenvalue weighted by Gasteiger charge is -2.13. The Hall–Kier alpha value is -4.28. The zero-order valence-electron chi connectivity index (χ0n) is 17.1. The fraction of sp³-hybridized carbons (Fsp3) is 0.200. The van der Waals surface area contributed by atoms with E-state index in [9.17, 15) is 9.59 Å². The van der Waals surface area contributed by atoms with Crippen LogP contribution < -0.4 is 19.6 Å². The summed E-state index contributed by atoms with van der Waals surface area (Å²) in [6, 6.07) is 12.5. The average Bonchev–Trinajstić information content (AvgIpc) is 3.23. The Kier molecular flexibility index (Phi) is 6.89. The Labute approximate surface area is 177 Å². The number of tetrazole rings is 1. The van der Waals surface area contributed by atoms with Gasteiger partial charge in [-0.15, -0.1) is 10.2 Å². The van der Waals surface area contributed by atoms with Crippen molar-refractivity contribution in [2.24, 2.45) is 5.10 Å². The number of amides is 1. The van der Waals surface area contributed by atoms with E-state index in [0.717, 1.165) is 5.56 Å². The normalized spacial score (nSPS) is 10.7. The van der Waals surface area contributed by atoms with Gasteiger partial charge in [0.15, 0.2) is 11.5 Å². The van der Waals surface area contributed by atoms with Gasteiger partial charge >= 0.3 is 5.97 Å². The van der Waals surface area contributed by atoms with E-state index in [1.165, 1.54) is 32.2 Å². The zero-order chi connectivity index (χ0) is 22.2. The van der Waals surface area contributed by atoms with E-state index >= 15 is 0 Å². The van der Waals surface area contributed by atoms with E-state index in [0.29, 0.717) is 11.4 Å². The highest BCUT2D eigenvalue weighted by Crippen LogP contribution is 2.38. The van der Waals surface area contributed by atoms with Crippen LogP contribution in [-0.4, -0.2) is 52.5 Å². The fourth-order valence-electron chi connectivity index (χ4n) is 2.57. The summed E-state index contributed by atoms with van der Waals surface area (Å²) in [7, 11) is 2.86. The summed E-state index contributed by atoms with van der Waals surface area (Å²) in [6.45, 7) is 1.12. The SMILES string of the molecule is COc1cc(/C=N/NC(=O)Cn2nnc(-c3ccccc3)n2)cc(OC)c1OC(C)=O. The van der Waals surface area contributed by atoms with Crippen LogP contribution in [-0.2, 0) is 16.1 Å². The molecule has 1 N–H and O–H groups in total. The monoisotopic (exact) mass is 424 g/mol. The lowest BCUT2D eigenvalue weighted by Crippen LogP contribution is -2.24. The van der Waals surface area contributed by atoms with Crippen molar-refractivity contribution >= 4 is 18.1 Å². The van der Waals surface area contributed by atoms with Crippen molar-refractivity contribution in [3.8, 4) is 28.6 Å². The first-order chi connectivity index (χ1) is 15.0. The Morgan fingerprint density at radius 1 is 1.13 bits per heavy atom. The summed E-state index contributed by atoms with van der Waals surface area (Å²) in [5.74, 6) is 0.186. The molecule has 160 valence electrons. The van der Waals surface area contributed by atoms with Crippen LogP contribution >= 0.6 is 0 Å². The van der Waals surface area contributed by atoms with Gasteiger partial charge in [0.05, 0.1) is 20.4 Å². The van der Waals surface area contributed by atoms with Gasteiger partial charge < -0.3 is 14.2 Å². The molecule has 11 heteroatoms. The molecule has 0 aliphatic carbocycles. The highest BCUT2D eigenvalue weighted by atomic mass is 16.6. The number of nitrogens with one attached hydrogen (secondary N) is 1. The second kappa shape index (κ2) is 9.96. The Balaban J connectivity index is 1.64. The molecule has 0 atom stereocenters. The summed E-state index contributed by atoms with van der Waals surface area (Å²) < 4.78 is 15.6. The third kappa shape index (κ3) is 5.63. The number of aromatic nitrogens is 4. The molecule has 0 unspecified atom stereocenters. The molecule has 1 heterocycles.